The Labute approximate surface area is 154 Å². The maximum atomic E-state index is 12.4. The molecule has 2 aromatic carbocycles. The number of aromatic nitrogens is 1. The highest BCUT2D eigenvalue weighted by molar-refractivity contribution is 6.00. The van der Waals surface area contributed by atoms with E-state index in [1.54, 1.807) is 16.8 Å². The van der Waals surface area contributed by atoms with Crippen LogP contribution in [0.1, 0.15) is 38.4 Å². The molecule has 0 saturated heterocycles. The molecule has 132 valence electrons. The topological polar surface area (TPSA) is 46.4 Å². The summed E-state index contributed by atoms with van der Waals surface area (Å²) in [5.74, 6) is -0.134. The van der Waals surface area contributed by atoms with Crippen molar-refractivity contribution in [2.45, 2.75) is 27.7 Å². The van der Waals surface area contributed by atoms with Gasteiger partial charge in [0.05, 0.1) is 5.69 Å². The Bertz CT molecular complexity index is 969. The molecule has 0 fully saturated rings. The van der Waals surface area contributed by atoms with Crippen LogP contribution in [0.3, 0.4) is 0 Å². The molecule has 0 aliphatic heterocycles. The van der Waals surface area contributed by atoms with Crippen LogP contribution in [0.5, 0.6) is 0 Å². The van der Waals surface area contributed by atoms with Crippen LogP contribution in [0.2, 0.25) is 0 Å². The Balaban J connectivity index is 1.85. The minimum atomic E-state index is -0.134. The summed E-state index contributed by atoms with van der Waals surface area (Å²) < 4.78 is 1.81. The van der Waals surface area contributed by atoms with Gasteiger partial charge >= 0.3 is 0 Å². The normalized spacial score (nSPS) is 11.1. The second-order valence-corrected chi connectivity index (χ2v) is 6.52. The van der Waals surface area contributed by atoms with Crippen molar-refractivity contribution in [2.75, 3.05) is 5.43 Å². The summed E-state index contributed by atoms with van der Waals surface area (Å²) in [7, 11) is 0. The van der Waals surface area contributed by atoms with Crippen LogP contribution >= 0.6 is 0 Å². The number of hydrogen-bond acceptors (Lipinski definition) is 2. The molecule has 1 heterocycles. The quantitative estimate of drug-likeness (QED) is 0.675. The largest absolute Gasteiger partial charge is 0.270 e. The third kappa shape index (κ3) is 3.75. The van der Waals surface area contributed by atoms with Crippen LogP contribution in [0.4, 0.5) is 5.69 Å². The van der Waals surface area contributed by atoms with Crippen molar-refractivity contribution < 1.29 is 4.79 Å². The number of amides is 1. The summed E-state index contributed by atoms with van der Waals surface area (Å²) in [6, 6.07) is 17.4. The van der Waals surface area contributed by atoms with E-state index >= 15 is 0 Å². The first kappa shape index (κ1) is 17.7. The molecule has 1 N–H and O–H groups in total. The van der Waals surface area contributed by atoms with Gasteiger partial charge in [0.2, 0.25) is 0 Å². The summed E-state index contributed by atoms with van der Waals surface area (Å²) in [6.07, 6.45) is 1.86. The second-order valence-electron chi connectivity index (χ2n) is 6.52. The lowest BCUT2D eigenvalue weighted by Gasteiger charge is -2.11. The number of carbonyl (C=O) groups excluding carboxylic acids is 1. The van der Waals surface area contributed by atoms with E-state index in [0.717, 1.165) is 28.2 Å². The predicted molar refractivity (Wildman–Crippen MR) is 107 cm³/mol. The molecule has 4 nitrogen and oxygen atoms in total. The maximum absolute atomic E-state index is 12.4. The minimum absolute atomic E-state index is 0.134. The van der Waals surface area contributed by atoms with Gasteiger partial charge in [0.25, 0.3) is 5.91 Å². The lowest BCUT2D eigenvalue weighted by Crippen LogP contribution is -2.24. The number of nitrogens with one attached hydrogen (secondary N) is 1. The molecule has 1 aromatic heterocycles. The van der Waals surface area contributed by atoms with E-state index in [9.17, 15) is 4.79 Å². The average Bonchev–Trinajstić information content (AvgIpc) is 2.90. The zero-order chi connectivity index (χ0) is 18.7. The highest BCUT2D eigenvalue weighted by Gasteiger charge is 2.11. The number of rotatable bonds is 4. The molecule has 0 bridgehead atoms. The van der Waals surface area contributed by atoms with Crippen molar-refractivity contribution in [2.24, 2.45) is 4.99 Å². The third-order valence-corrected chi connectivity index (χ3v) is 4.43. The average molecular weight is 345 g/mol. The van der Waals surface area contributed by atoms with Crippen molar-refractivity contribution in [1.29, 1.82) is 0 Å². The number of benzene rings is 2. The summed E-state index contributed by atoms with van der Waals surface area (Å²) in [5.41, 5.74) is 9.74. The van der Waals surface area contributed by atoms with Gasteiger partial charge in [-0.05, 0) is 63.1 Å². The van der Waals surface area contributed by atoms with Gasteiger partial charge in [0.1, 0.15) is 0 Å². The monoisotopic (exact) mass is 345 g/mol. The number of hydrogen-bond donors (Lipinski definition) is 1. The molecule has 3 rings (SSSR count). The molecule has 0 radical (unpaired) electrons. The molecular weight excluding hydrogens is 322 g/mol. The first-order chi connectivity index (χ1) is 12.5. The van der Waals surface area contributed by atoms with Gasteiger partial charge in [0.15, 0.2) is 0 Å². The van der Waals surface area contributed by atoms with E-state index in [1.807, 2.05) is 44.3 Å². The smallest absolute Gasteiger partial charge is 0.267 e. The lowest BCUT2D eigenvalue weighted by atomic mass is 10.1. The number of aliphatic imine (C=N–C) groups is 1. The molecular formula is C22H23N3O. The SMILES string of the molecule is Cc1ccc(C)c(N=Cc2cc(C)n(NC(=O)c3ccccc3)c2C)c1. The molecule has 0 saturated carbocycles. The fraction of sp³-hybridized carbons (Fsp3) is 0.182. The maximum Gasteiger partial charge on any atom is 0.270 e. The molecule has 0 aliphatic carbocycles. The Kier molecular flexibility index (Phi) is 5.03. The van der Waals surface area contributed by atoms with Gasteiger partial charge in [-0.25, -0.2) is 0 Å². The molecule has 1 amide bonds. The van der Waals surface area contributed by atoms with Gasteiger partial charge in [-0.15, -0.1) is 0 Å². The summed E-state index contributed by atoms with van der Waals surface area (Å²) >= 11 is 0. The van der Waals surface area contributed by atoms with Crippen LogP contribution in [-0.4, -0.2) is 16.8 Å². The number of nitrogens with zero attached hydrogens (tertiary/aromatic N) is 2. The zero-order valence-electron chi connectivity index (χ0n) is 15.6. The van der Waals surface area contributed by atoms with E-state index in [2.05, 4.69) is 42.5 Å². The van der Waals surface area contributed by atoms with Crippen molar-refractivity contribution in [3.8, 4) is 0 Å². The van der Waals surface area contributed by atoms with Crippen LogP contribution in [0.15, 0.2) is 59.6 Å². The Morgan fingerprint density at radius 2 is 1.73 bits per heavy atom. The van der Waals surface area contributed by atoms with Crippen LogP contribution in [0.25, 0.3) is 0 Å². The van der Waals surface area contributed by atoms with E-state index in [1.165, 1.54) is 5.56 Å². The molecule has 0 aliphatic rings. The fourth-order valence-corrected chi connectivity index (χ4v) is 2.84. The van der Waals surface area contributed by atoms with E-state index in [0.29, 0.717) is 5.56 Å². The highest BCUT2D eigenvalue weighted by Crippen LogP contribution is 2.20. The highest BCUT2D eigenvalue weighted by atomic mass is 16.2. The Morgan fingerprint density at radius 3 is 2.46 bits per heavy atom. The van der Waals surface area contributed by atoms with Crippen LogP contribution in [-0.2, 0) is 0 Å². The predicted octanol–water partition coefficient (Wildman–Crippen LogP) is 4.86. The molecule has 3 aromatic rings. The van der Waals surface area contributed by atoms with Gasteiger partial charge < -0.3 is 0 Å². The van der Waals surface area contributed by atoms with Crippen molar-refractivity contribution in [1.82, 2.24) is 4.68 Å². The van der Waals surface area contributed by atoms with E-state index in [-0.39, 0.29) is 5.91 Å². The second kappa shape index (κ2) is 7.40. The first-order valence-electron chi connectivity index (χ1n) is 8.62. The Morgan fingerprint density at radius 1 is 1.00 bits per heavy atom. The van der Waals surface area contributed by atoms with Crippen LogP contribution < -0.4 is 5.43 Å². The third-order valence-electron chi connectivity index (χ3n) is 4.43. The number of aryl methyl sites for hydroxylation is 3. The van der Waals surface area contributed by atoms with Gasteiger partial charge in [-0.1, -0.05) is 30.3 Å². The summed E-state index contributed by atoms with van der Waals surface area (Å²) in [5, 5.41) is 0. The van der Waals surface area contributed by atoms with Crippen molar-refractivity contribution in [3.05, 3.63) is 88.2 Å². The van der Waals surface area contributed by atoms with Gasteiger partial charge in [0, 0.05) is 28.7 Å². The molecule has 26 heavy (non-hydrogen) atoms. The number of carbonyl (C=O) groups is 1. The molecule has 4 heteroatoms. The lowest BCUT2D eigenvalue weighted by molar-refractivity contribution is 0.101. The minimum Gasteiger partial charge on any atom is -0.267 e. The molecule has 0 spiro atoms. The summed E-state index contributed by atoms with van der Waals surface area (Å²) in [6.45, 7) is 8.05. The Hall–Kier alpha value is -3.14. The zero-order valence-corrected chi connectivity index (χ0v) is 15.6. The standard InChI is InChI=1S/C22H23N3O/c1-15-10-11-16(2)21(12-15)23-14-20-13-17(3)25(18(20)4)24-22(26)19-8-6-5-7-9-19/h5-14H,1-4H3,(H,24,26). The first-order valence-corrected chi connectivity index (χ1v) is 8.62. The molecule has 0 atom stereocenters. The van der Waals surface area contributed by atoms with Crippen LogP contribution in [0, 0.1) is 27.7 Å². The van der Waals surface area contributed by atoms with Crippen molar-refractivity contribution >= 4 is 17.8 Å². The van der Waals surface area contributed by atoms with Gasteiger partial charge in [-0.2, -0.15) is 0 Å². The van der Waals surface area contributed by atoms with Gasteiger partial charge in [-0.3, -0.25) is 19.9 Å². The van der Waals surface area contributed by atoms with E-state index in [4.69, 9.17) is 0 Å². The molecule has 0 unspecified atom stereocenters. The van der Waals surface area contributed by atoms with E-state index < -0.39 is 0 Å². The van der Waals surface area contributed by atoms with Crippen molar-refractivity contribution in [3.63, 3.8) is 0 Å². The fourth-order valence-electron chi connectivity index (χ4n) is 2.84. The summed E-state index contributed by atoms with van der Waals surface area (Å²) in [4.78, 5) is 17.1.